The fourth-order valence-corrected chi connectivity index (χ4v) is 2.28. The second-order valence-electron chi connectivity index (χ2n) is 5.06. The third-order valence-corrected chi connectivity index (χ3v) is 3.45. The van der Waals surface area contributed by atoms with Crippen molar-refractivity contribution in [2.24, 2.45) is 0 Å². The number of nitrogens with one attached hydrogen (secondary N) is 1. The van der Waals surface area contributed by atoms with E-state index in [1.807, 2.05) is 17.0 Å². The average molecular weight is 293 g/mol. The molecule has 1 aromatic rings. The van der Waals surface area contributed by atoms with E-state index in [1.54, 1.807) is 19.5 Å². The van der Waals surface area contributed by atoms with Crippen LogP contribution in [0.1, 0.15) is 12.0 Å². The Kier molecular flexibility index (Phi) is 6.59. The molecule has 116 valence electrons. The maximum Gasteiger partial charge on any atom is 0.225 e. The van der Waals surface area contributed by atoms with E-state index < -0.39 is 0 Å². The van der Waals surface area contributed by atoms with E-state index in [0.29, 0.717) is 32.7 Å². The van der Waals surface area contributed by atoms with Crippen LogP contribution in [0, 0.1) is 0 Å². The van der Waals surface area contributed by atoms with Gasteiger partial charge in [-0.2, -0.15) is 0 Å². The zero-order valence-corrected chi connectivity index (χ0v) is 12.5. The molecule has 1 fully saturated rings. The van der Waals surface area contributed by atoms with Crippen molar-refractivity contribution >= 4 is 5.91 Å². The van der Waals surface area contributed by atoms with Crippen molar-refractivity contribution in [2.75, 3.05) is 40.0 Å². The minimum absolute atomic E-state index is 0.0336. The summed E-state index contributed by atoms with van der Waals surface area (Å²) in [7, 11) is 1.64. The highest BCUT2D eigenvalue weighted by atomic mass is 16.5. The van der Waals surface area contributed by atoms with Gasteiger partial charge in [0.25, 0.3) is 0 Å². The van der Waals surface area contributed by atoms with Gasteiger partial charge in [-0.1, -0.05) is 0 Å². The lowest BCUT2D eigenvalue weighted by atomic mass is 10.2. The Bertz CT molecular complexity index is 421. The fourth-order valence-electron chi connectivity index (χ4n) is 2.28. The molecule has 1 aromatic heterocycles. The van der Waals surface area contributed by atoms with E-state index in [0.717, 1.165) is 18.7 Å². The summed E-state index contributed by atoms with van der Waals surface area (Å²) in [5, 5.41) is 3.24. The summed E-state index contributed by atoms with van der Waals surface area (Å²) in [6, 6.07) is 3.84. The normalized spacial score (nSPS) is 18.4. The second kappa shape index (κ2) is 8.71. The first-order valence-corrected chi connectivity index (χ1v) is 7.27. The number of carbonyl (C=O) groups excluding carboxylic acids is 1. The van der Waals surface area contributed by atoms with Crippen LogP contribution >= 0.6 is 0 Å². The Balaban J connectivity index is 1.92. The van der Waals surface area contributed by atoms with Crippen LogP contribution in [0.25, 0.3) is 0 Å². The lowest BCUT2D eigenvalue weighted by Gasteiger charge is -2.27. The SMILES string of the molecule is COCCN(Cc1ccncc1)C(=O)C[C@@H]1CNCCO1. The van der Waals surface area contributed by atoms with Gasteiger partial charge in [0, 0.05) is 45.7 Å². The highest BCUT2D eigenvalue weighted by molar-refractivity contribution is 5.76. The van der Waals surface area contributed by atoms with E-state index in [9.17, 15) is 4.79 Å². The van der Waals surface area contributed by atoms with E-state index >= 15 is 0 Å². The molecule has 0 saturated carbocycles. The van der Waals surface area contributed by atoms with Crippen molar-refractivity contribution < 1.29 is 14.3 Å². The highest BCUT2D eigenvalue weighted by Crippen LogP contribution is 2.09. The van der Waals surface area contributed by atoms with Gasteiger partial charge in [-0.25, -0.2) is 0 Å². The van der Waals surface area contributed by atoms with Crippen LogP contribution in [0.15, 0.2) is 24.5 Å². The van der Waals surface area contributed by atoms with Gasteiger partial charge in [0.05, 0.1) is 25.7 Å². The zero-order chi connectivity index (χ0) is 14.9. The number of rotatable bonds is 7. The molecule has 2 rings (SSSR count). The predicted molar refractivity (Wildman–Crippen MR) is 78.8 cm³/mol. The average Bonchev–Trinajstić information content (AvgIpc) is 2.53. The van der Waals surface area contributed by atoms with Gasteiger partial charge in [0.15, 0.2) is 0 Å². The number of ether oxygens (including phenoxy) is 2. The Labute approximate surface area is 125 Å². The number of hydrogen-bond acceptors (Lipinski definition) is 5. The maximum atomic E-state index is 12.5. The molecule has 6 nitrogen and oxygen atoms in total. The van der Waals surface area contributed by atoms with Gasteiger partial charge >= 0.3 is 0 Å². The van der Waals surface area contributed by atoms with Crippen molar-refractivity contribution in [2.45, 2.75) is 19.1 Å². The number of nitrogens with zero attached hydrogens (tertiary/aromatic N) is 2. The van der Waals surface area contributed by atoms with E-state index in [4.69, 9.17) is 9.47 Å². The molecule has 0 radical (unpaired) electrons. The van der Waals surface area contributed by atoms with Crippen LogP contribution < -0.4 is 5.32 Å². The topological polar surface area (TPSA) is 63.7 Å². The summed E-state index contributed by atoms with van der Waals surface area (Å²) >= 11 is 0. The van der Waals surface area contributed by atoms with Gasteiger partial charge in [-0.3, -0.25) is 9.78 Å². The standard InChI is InChI=1S/C15H23N3O3/c1-20-9-7-18(12-13-2-4-16-5-3-13)15(19)10-14-11-17-6-8-21-14/h2-5,14,17H,6-12H2,1H3/t14-/m1/s1. The summed E-state index contributed by atoms with van der Waals surface area (Å²) in [5.41, 5.74) is 1.07. The monoisotopic (exact) mass is 293 g/mol. The second-order valence-corrected chi connectivity index (χ2v) is 5.06. The van der Waals surface area contributed by atoms with Crippen LogP contribution in [0.4, 0.5) is 0 Å². The van der Waals surface area contributed by atoms with Crippen molar-refractivity contribution in [3.63, 3.8) is 0 Å². The summed E-state index contributed by atoms with van der Waals surface area (Å²) in [4.78, 5) is 18.3. The number of carbonyl (C=O) groups is 1. The number of aromatic nitrogens is 1. The van der Waals surface area contributed by atoms with Crippen molar-refractivity contribution in [1.82, 2.24) is 15.2 Å². The van der Waals surface area contributed by atoms with E-state index in [1.165, 1.54) is 0 Å². The van der Waals surface area contributed by atoms with Crippen LogP contribution in [0.2, 0.25) is 0 Å². The highest BCUT2D eigenvalue weighted by Gasteiger charge is 2.21. The number of amides is 1. The minimum atomic E-state index is -0.0336. The number of hydrogen-bond donors (Lipinski definition) is 1. The molecule has 1 atom stereocenters. The van der Waals surface area contributed by atoms with Gasteiger partial charge in [0.2, 0.25) is 5.91 Å². The molecule has 0 aliphatic carbocycles. The molecule has 1 saturated heterocycles. The number of pyridine rings is 1. The molecule has 1 N–H and O–H groups in total. The van der Waals surface area contributed by atoms with Crippen molar-refractivity contribution in [1.29, 1.82) is 0 Å². The van der Waals surface area contributed by atoms with Crippen LogP contribution in [0.5, 0.6) is 0 Å². The molecule has 2 heterocycles. The number of morpholine rings is 1. The van der Waals surface area contributed by atoms with E-state index in [2.05, 4.69) is 10.3 Å². The first-order valence-electron chi connectivity index (χ1n) is 7.27. The van der Waals surface area contributed by atoms with Gasteiger partial charge in [-0.05, 0) is 17.7 Å². The third-order valence-electron chi connectivity index (χ3n) is 3.45. The zero-order valence-electron chi connectivity index (χ0n) is 12.5. The largest absolute Gasteiger partial charge is 0.383 e. The molecule has 1 aliphatic heterocycles. The van der Waals surface area contributed by atoms with Crippen LogP contribution in [0.3, 0.4) is 0 Å². The smallest absolute Gasteiger partial charge is 0.225 e. The quantitative estimate of drug-likeness (QED) is 0.790. The Hall–Kier alpha value is -1.50. The Morgan fingerprint density at radius 3 is 3.00 bits per heavy atom. The van der Waals surface area contributed by atoms with Gasteiger partial charge in [0.1, 0.15) is 0 Å². The summed E-state index contributed by atoms with van der Waals surface area (Å²) in [6.45, 7) is 3.94. The molecular formula is C15H23N3O3. The first-order chi connectivity index (χ1) is 10.3. The molecule has 0 unspecified atom stereocenters. The lowest BCUT2D eigenvalue weighted by Crippen LogP contribution is -2.43. The number of methoxy groups -OCH3 is 1. The predicted octanol–water partition coefficient (Wildman–Crippen LogP) is 0.435. The fraction of sp³-hybridized carbons (Fsp3) is 0.600. The molecule has 0 bridgehead atoms. The summed E-state index contributed by atoms with van der Waals surface area (Å²) in [5.74, 6) is 0.0950. The first kappa shape index (κ1) is 15.9. The lowest BCUT2D eigenvalue weighted by molar-refractivity contribution is -0.136. The molecule has 0 spiro atoms. The minimum Gasteiger partial charge on any atom is -0.383 e. The van der Waals surface area contributed by atoms with Crippen molar-refractivity contribution in [3.8, 4) is 0 Å². The van der Waals surface area contributed by atoms with Crippen LogP contribution in [-0.4, -0.2) is 61.9 Å². The molecule has 6 heteroatoms. The molecule has 1 aliphatic rings. The van der Waals surface area contributed by atoms with E-state index in [-0.39, 0.29) is 12.0 Å². The molecule has 0 aromatic carbocycles. The van der Waals surface area contributed by atoms with Crippen molar-refractivity contribution in [3.05, 3.63) is 30.1 Å². The Morgan fingerprint density at radius 2 is 2.33 bits per heavy atom. The van der Waals surface area contributed by atoms with Gasteiger partial charge < -0.3 is 19.7 Å². The third kappa shape index (κ3) is 5.41. The maximum absolute atomic E-state index is 12.5. The van der Waals surface area contributed by atoms with Crippen LogP contribution in [-0.2, 0) is 20.8 Å². The molecular weight excluding hydrogens is 270 g/mol. The summed E-state index contributed by atoms with van der Waals surface area (Å²) < 4.78 is 10.7. The Morgan fingerprint density at radius 1 is 1.52 bits per heavy atom. The summed E-state index contributed by atoms with van der Waals surface area (Å²) in [6.07, 6.45) is 3.85. The van der Waals surface area contributed by atoms with Gasteiger partial charge in [-0.15, -0.1) is 0 Å². The molecule has 21 heavy (non-hydrogen) atoms. The molecule has 1 amide bonds.